The van der Waals surface area contributed by atoms with Gasteiger partial charge in [-0.1, -0.05) is 203 Å². The first kappa shape index (κ1) is 38.8. The SMILES string of the molecule is C[Si](C)(C)c1cc2ccccc2c2c1op(O[C@@H](CCP(c1ccccc1)c1cccc3ccccc13)c1ccccc1)oc1c([Si](C)(C)C)cc3ccccc3c12. The monoisotopic (exact) mass is 828 g/mol. The fourth-order valence-corrected chi connectivity index (χ4v) is 15.3. The molecule has 58 heavy (non-hydrogen) atoms. The molecule has 0 saturated carbocycles. The summed E-state index contributed by atoms with van der Waals surface area (Å²) in [6, 6.07) is 59.7. The van der Waals surface area contributed by atoms with Crippen LogP contribution in [0.5, 0.6) is 0 Å². The summed E-state index contributed by atoms with van der Waals surface area (Å²) in [5.41, 5.74) is 2.99. The summed E-state index contributed by atoms with van der Waals surface area (Å²) in [5.74, 6) is 0. The van der Waals surface area contributed by atoms with Crippen LogP contribution >= 0.6 is 16.2 Å². The third kappa shape index (κ3) is 7.52. The summed E-state index contributed by atoms with van der Waals surface area (Å²) in [7, 11) is -6.53. The average molecular weight is 829 g/mol. The fourth-order valence-electron chi connectivity index (χ4n) is 8.41. The van der Waals surface area contributed by atoms with Gasteiger partial charge in [0.2, 0.25) is 0 Å². The standard InChI is InChI=1S/C51H50O3P2Si2/c1-57(2,3)46-34-38-23-14-17-29-42(38)48-49-43-30-18-15-24-39(43)35-47(58(4,5)6)51(49)54-56(53-50(46)48)52-44(37-21-9-7-10-22-37)32-33-55(40-26-11-8-12-27-40)45-31-19-25-36-20-13-16-28-41(36)45/h7-31,34-35,44H,32-33H2,1-6H3/t44-,55?/m0/s1. The van der Waals surface area contributed by atoms with Crippen molar-refractivity contribution in [1.82, 2.24) is 0 Å². The van der Waals surface area contributed by atoms with Crippen LogP contribution in [0.4, 0.5) is 0 Å². The van der Waals surface area contributed by atoms with Gasteiger partial charge in [0.05, 0.1) is 22.3 Å². The van der Waals surface area contributed by atoms with E-state index in [4.69, 9.17) is 12.9 Å². The van der Waals surface area contributed by atoms with E-state index in [0.29, 0.717) is 0 Å². The van der Waals surface area contributed by atoms with Crippen LogP contribution in [0.1, 0.15) is 18.1 Å². The van der Waals surface area contributed by atoms with Gasteiger partial charge in [-0.15, -0.1) is 0 Å². The van der Waals surface area contributed by atoms with Gasteiger partial charge in [0.25, 0.3) is 0 Å². The molecule has 0 aliphatic carbocycles. The maximum absolute atomic E-state index is 7.40. The Morgan fingerprint density at radius 2 is 0.983 bits per heavy atom. The van der Waals surface area contributed by atoms with Gasteiger partial charge in [0.15, 0.2) is 0 Å². The van der Waals surface area contributed by atoms with Gasteiger partial charge in [-0.05, 0) is 79.4 Å². The molecule has 0 N–H and O–H groups in total. The largest absolute Gasteiger partial charge is 0.399 e. The van der Waals surface area contributed by atoms with Crippen molar-refractivity contribution in [2.24, 2.45) is 0 Å². The topological polar surface area (TPSA) is 35.5 Å². The number of fused-ring (bicyclic) bond motifs is 8. The Morgan fingerprint density at radius 3 is 1.53 bits per heavy atom. The van der Waals surface area contributed by atoms with Gasteiger partial charge in [-0.3, -0.25) is 4.52 Å². The molecule has 0 radical (unpaired) electrons. The predicted molar refractivity (Wildman–Crippen MR) is 259 cm³/mol. The van der Waals surface area contributed by atoms with Crippen molar-refractivity contribution >= 4 is 108 Å². The van der Waals surface area contributed by atoms with Crippen LogP contribution < -0.4 is 25.5 Å². The van der Waals surface area contributed by atoms with Crippen LogP contribution in [-0.2, 0) is 0 Å². The molecule has 9 rings (SSSR count). The second kappa shape index (κ2) is 15.8. The number of rotatable bonds is 10. The third-order valence-corrected chi connectivity index (χ3v) is 19.0. The highest BCUT2D eigenvalue weighted by Crippen LogP contribution is 2.44. The Morgan fingerprint density at radius 1 is 0.517 bits per heavy atom. The molecule has 1 heterocycles. The maximum Gasteiger partial charge on any atom is 0.388 e. The van der Waals surface area contributed by atoms with E-state index in [-0.39, 0.29) is 6.10 Å². The van der Waals surface area contributed by atoms with Crippen molar-refractivity contribution < 1.29 is 12.9 Å². The zero-order chi connectivity index (χ0) is 40.0. The highest BCUT2D eigenvalue weighted by atomic mass is 31.1. The van der Waals surface area contributed by atoms with Crippen molar-refractivity contribution in [1.29, 1.82) is 0 Å². The molecule has 8 aromatic carbocycles. The van der Waals surface area contributed by atoms with Gasteiger partial charge >= 0.3 is 8.24 Å². The van der Waals surface area contributed by atoms with Crippen LogP contribution in [-0.4, -0.2) is 22.3 Å². The Hall–Kier alpha value is -4.74. The Labute approximate surface area is 346 Å². The van der Waals surface area contributed by atoms with Crippen LogP contribution in [0.2, 0.25) is 39.3 Å². The van der Waals surface area contributed by atoms with E-state index in [0.717, 1.165) is 40.1 Å². The predicted octanol–water partition coefficient (Wildman–Crippen LogP) is 13.5. The average Bonchev–Trinajstić information content (AvgIpc) is 3.40. The number of hydrogen-bond donors (Lipinski definition) is 0. The van der Waals surface area contributed by atoms with E-state index in [2.05, 4.69) is 203 Å². The van der Waals surface area contributed by atoms with Crippen LogP contribution in [0.25, 0.3) is 54.3 Å². The minimum absolute atomic E-state index is 0.257. The Balaban J connectivity index is 1.29. The first-order valence-electron chi connectivity index (χ1n) is 20.4. The molecular weight excluding hydrogens is 779 g/mol. The lowest BCUT2D eigenvalue weighted by Crippen LogP contribution is -2.38. The Bertz CT molecular complexity index is 2850. The van der Waals surface area contributed by atoms with E-state index in [1.807, 2.05) is 0 Å². The van der Waals surface area contributed by atoms with E-state index < -0.39 is 32.3 Å². The highest BCUT2D eigenvalue weighted by Gasteiger charge is 2.29. The molecule has 1 aromatic heterocycles. The molecule has 0 spiro atoms. The van der Waals surface area contributed by atoms with Gasteiger partial charge in [-0.2, -0.15) is 0 Å². The molecule has 0 amide bonds. The van der Waals surface area contributed by atoms with E-state index in [9.17, 15) is 0 Å². The number of benzene rings is 8. The highest BCUT2D eigenvalue weighted by molar-refractivity contribution is 7.73. The third-order valence-electron chi connectivity index (χ3n) is 11.3. The van der Waals surface area contributed by atoms with E-state index >= 15 is 0 Å². The summed E-state index contributed by atoms with van der Waals surface area (Å²) >= 11 is 0. The van der Waals surface area contributed by atoms with Gasteiger partial charge < -0.3 is 8.39 Å². The van der Waals surface area contributed by atoms with Crippen molar-refractivity contribution in [3.63, 3.8) is 0 Å². The summed E-state index contributed by atoms with van der Waals surface area (Å²) in [4.78, 5) is 0. The summed E-state index contributed by atoms with van der Waals surface area (Å²) in [6.45, 7) is 14.5. The van der Waals surface area contributed by atoms with Crippen molar-refractivity contribution in [3.05, 3.63) is 169 Å². The van der Waals surface area contributed by atoms with Crippen molar-refractivity contribution in [3.8, 4) is 0 Å². The molecular formula is C51H50O3P2Si2. The number of hydrogen-bond acceptors (Lipinski definition) is 3. The van der Waals surface area contributed by atoms with Crippen LogP contribution in [0.3, 0.4) is 0 Å². The van der Waals surface area contributed by atoms with Crippen molar-refractivity contribution in [2.75, 3.05) is 6.16 Å². The van der Waals surface area contributed by atoms with E-state index in [1.54, 1.807) is 0 Å². The lowest BCUT2D eigenvalue weighted by molar-refractivity contribution is 0.259. The summed E-state index contributed by atoms with van der Waals surface area (Å²) < 4.78 is 22.2. The molecule has 290 valence electrons. The van der Waals surface area contributed by atoms with Crippen LogP contribution in [0.15, 0.2) is 172 Å². The molecule has 0 fully saturated rings. The fraction of sp³-hybridized carbons (Fsp3) is 0.176. The molecule has 0 saturated heterocycles. The smallest absolute Gasteiger partial charge is 0.388 e. The second-order valence-electron chi connectivity index (χ2n) is 17.4. The molecule has 3 nitrogen and oxygen atoms in total. The van der Waals surface area contributed by atoms with Gasteiger partial charge in [0, 0.05) is 10.8 Å². The molecule has 2 atom stereocenters. The zero-order valence-electron chi connectivity index (χ0n) is 34.2. The minimum Gasteiger partial charge on any atom is -0.399 e. The molecule has 0 aliphatic heterocycles. The van der Waals surface area contributed by atoms with Crippen molar-refractivity contribution in [2.45, 2.75) is 51.8 Å². The van der Waals surface area contributed by atoms with E-state index in [1.165, 1.54) is 53.3 Å². The molecule has 1 unspecified atom stereocenters. The lowest BCUT2D eigenvalue weighted by Gasteiger charge is -2.24. The normalized spacial score (nSPS) is 13.4. The minimum atomic E-state index is -1.97. The summed E-state index contributed by atoms with van der Waals surface area (Å²) in [6.07, 6.45) is 1.49. The maximum atomic E-state index is 7.40. The van der Waals surface area contributed by atoms with Gasteiger partial charge in [0.1, 0.15) is 11.2 Å². The first-order valence-corrected chi connectivity index (χ1v) is 30.0. The Kier molecular flexibility index (Phi) is 10.6. The first-order chi connectivity index (χ1) is 28.0. The molecule has 0 bridgehead atoms. The second-order valence-corrected chi connectivity index (χ2v) is 30.8. The zero-order valence-corrected chi connectivity index (χ0v) is 38.0. The molecule has 0 aliphatic rings. The quantitative estimate of drug-likeness (QED) is 0.102. The lowest BCUT2D eigenvalue weighted by atomic mass is 9.98. The van der Waals surface area contributed by atoms with Crippen LogP contribution in [0, 0.1) is 0 Å². The molecule has 9 aromatic rings. The molecule has 7 heteroatoms. The van der Waals surface area contributed by atoms with Gasteiger partial charge in [-0.25, -0.2) is 0 Å². The summed E-state index contributed by atoms with van der Waals surface area (Å²) in [5, 5.41) is 15.0.